The monoisotopic (exact) mass is 359 g/mol. The maximum absolute atomic E-state index is 11.7. The first-order valence-corrected chi connectivity index (χ1v) is 7.43. The van der Waals surface area contributed by atoms with Crippen LogP contribution >= 0.6 is 0 Å². The Labute approximate surface area is 149 Å². The van der Waals surface area contributed by atoms with Crippen LogP contribution < -0.4 is 14.8 Å². The summed E-state index contributed by atoms with van der Waals surface area (Å²) in [5.41, 5.74) is 0.635. The first-order chi connectivity index (χ1) is 12.6. The Morgan fingerprint density at radius 1 is 1.27 bits per heavy atom. The molecule has 1 aromatic heterocycles. The van der Waals surface area contributed by atoms with Crippen molar-refractivity contribution in [1.29, 1.82) is 0 Å². The molecule has 1 amide bonds. The second-order valence-electron chi connectivity index (χ2n) is 4.85. The molecular weight excluding hydrogens is 342 g/mol. The number of ether oxygens (including phenoxy) is 3. The number of benzene rings is 1. The summed E-state index contributed by atoms with van der Waals surface area (Å²) < 4.78 is 15.2. The highest BCUT2D eigenvalue weighted by atomic mass is 16.5. The number of aromatic nitrogens is 4. The van der Waals surface area contributed by atoms with Crippen LogP contribution in [0.1, 0.15) is 0 Å². The van der Waals surface area contributed by atoms with E-state index in [-0.39, 0.29) is 13.1 Å². The molecule has 0 spiro atoms. The first kappa shape index (κ1) is 18.7. The van der Waals surface area contributed by atoms with E-state index in [1.54, 1.807) is 18.2 Å². The number of nitrogens with one attached hydrogen (secondary N) is 1. The number of rotatable bonds is 8. The van der Waals surface area contributed by atoms with Crippen molar-refractivity contribution >= 4 is 11.9 Å². The van der Waals surface area contributed by atoms with Gasteiger partial charge in [-0.1, -0.05) is 5.92 Å². The second kappa shape index (κ2) is 9.03. The van der Waals surface area contributed by atoms with Gasteiger partial charge >= 0.3 is 5.97 Å². The molecule has 26 heavy (non-hydrogen) atoms. The summed E-state index contributed by atoms with van der Waals surface area (Å²) in [7, 11) is 3.05. The van der Waals surface area contributed by atoms with E-state index in [2.05, 4.69) is 26.6 Å². The van der Waals surface area contributed by atoms with Gasteiger partial charge in [-0.15, -0.1) is 16.6 Å². The lowest BCUT2D eigenvalue weighted by Crippen LogP contribution is -2.30. The molecule has 136 valence electrons. The van der Waals surface area contributed by atoms with Crippen LogP contribution in [0.4, 0.5) is 0 Å². The predicted octanol–water partition coefficient (Wildman–Crippen LogP) is -0.350. The molecule has 0 unspecified atom stereocenters. The van der Waals surface area contributed by atoms with Crippen LogP contribution in [0.2, 0.25) is 0 Å². The van der Waals surface area contributed by atoms with E-state index in [0.29, 0.717) is 22.9 Å². The molecule has 1 aromatic carbocycles. The van der Waals surface area contributed by atoms with Gasteiger partial charge in [0.1, 0.15) is 0 Å². The third kappa shape index (κ3) is 4.94. The molecular formula is C16H17N5O5. The number of carbonyl (C=O) groups excluding carboxylic acids is 2. The van der Waals surface area contributed by atoms with Gasteiger partial charge in [0.2, 0.25) is 5.82 Å². The van der Waals surface area contributed by atoms with Gasteiger partial charge < -0.3 is 19.5 Å². The molecule has 0 fully saturated rings. The summed E-state index contributed by atoms with van der Waals surface area (Å²) in [6.07, 6.45) is 5.01. The minimum Gasteiger partial charge on any atom is -0.493 e. The molecule has 0 bridgehead atoms. The van der Waals surface area contributed by atoms with E-state index >= 15 is 0 Å². The SMILES string of the molecule is C#CCNC(=O)COC(=O)Cn1nnc(-c2ccc(OC)c(OC)c2)n1. The number of tetrazole rings is 1. The molecule has 0 saturated carbocycles. The van der Waals surface area contributed by atoms with Crippen LogP contribution in [0.15, 0.2) is 18.2 Å². The van der Waals surface area contributed by atoms with Gasteiger partial charge in [0.25, 0.3) is 5.91 Å². The van der Waals surface area contributed by atoms with Gasteiger partial charge in [0.05, 0.1) is 20.8 Å². The Balaban J connectivity index is 1.96. The van der Waals surface area contributed by atoms with Crippen molar-refractivity contribution in [2.24, 2.45) is 0 Å². The molecule has 2 aromatic rings. The highest BCUT2D eigenvalue weighted by Gasteiger charge is 2.13. The van der Waals surface area contributed by atoms with E-state index in [1.807, 2.05) is 0 Å². The highest BCUT2D eigenvalue weighted by Crippen LogP contribution is 2.30. The summed E-state index contributed by atoms with van der Waals surface area (Å²) >= 11 is 0. The first-order valence-electron chi connectivity index (χ1n) is 7.43. The van der Waals surface area contributed by atoms with Crippen LogP contribution in [-0.2, 0) is 20.9 Å². The van der Waals surface area contributed by atoms with Gasteiger partial charge in [0.15, 0.2) is 24.7 Å². The zero-order chi connectivity index (χ0) is 18.9. The van der Waals surface area contributed by atoms with Crippen molar-refractivity contribution in [2.45, 2.75) is 6.54 Å². The molecule has 0 aliphatic carbocycles. The lowest BCUT2D eigenvalue weighted by molar-refractivity contribution is -0.149. The van der Waals surface area contributed by atoms with Crippen LogP contribution in [-0.4, -0.2) is 59.5 Å². The van der Waals surface area contributed by atoms with Crippen molar-refractivity contribution < 1.29 is 23.8 Å². The Hall–Kier alpha value is -3.61. The van der Waals surface area contributed by atoms with Crippen LogP contribution in [0.25, 0.3) is 11.4 Å². The number of carbonyl (C=O) groups is 2. The molecule has 10 nitrogen and oxygen atoms in total. The minimum absolute atomic E-state index is 0.0652. The fourth-order valence-electron chi connectivity index (χ4n) is 1.91. The highest BCUT2D eigenvalue weighted by molar-refractivity contribution is 5.80. The van der Waals surface area contributed by atoms with Gasteiger partial charge in [0, 0.05) is 5.56 Å². The molecule has 0 aliphatic rings. The molecule has 0 saturated heterocycles. The molecule has 2 rings (SSSR count). The number of amides is 1. The molecule has 1 heterocycles. The fourth-order valence-corrected chi connectivity index (χ4v) is 1.91. The Bertz CT molecular complexity index is 827. The van der Waals surface area contributed by atoms with E-state index in [1.165, 1.54) is 14.2 Å². The third-order valence-electron chi connectivity index (χ3n) is 3.12. The third-order valence-corrected chi connectivity index (χ3v) is 3.12. The average Bonchev–Trinajstić information content (AvgIpc) is 3.12. The average molecular weight is 359 g/mol. The van der Waals surface area contributed by atoms with Gasteiger partial charge in [-0.25, -0.2) is 4.79 Å². The number of hydrogen-bond acceptors (Lipinski definition) is 8. The number of terminal acetylenes is 1. The number of esters is 1. The van der Waals surface area contributed by atoms with E-state index in [0.717, 1.165) is 4.80 Å². The predicted molar refractivity (Wildman–Crippen MR) is 89.2 cm³/mol. The smallest absolute Gasteiger partial charge is 0.330 e. The molecule has 10 heteroatoms. The lowest BCUT2D eigenvalue weighted by atomic mass is 10.2. The second-order valence-corrected chi connectivity index (χ2v) is 4.85. The Morgan fingerprint density at radius 2 is 2.04 bits per heavy atom. The summed E-state index contributed by atoms with van der Waals surface area (Å²) in [6, 6.07) is 5.13. The Morgan fingerprint density at radius 3 is 2.73 bits per heavy atom. The number of nitrogens with zero attached hydrogens (tertiary/aromatic N) is 4. The maximum atomic E-state index is 11.7. The van der Waals surface area contributed by atoms with Crippen molar-refractivity contribution in [1.82, 2.24) is 25.5 Å². The van der Waals surface area contributed by atoms with E-state index < -0.39 is 18.5 Å². The largest absolute Gasteiger partial charge is 0.493 e. The molecule has 0 aliphatic heterocycles. The van der Waals surface area contributed by atoms with Gasteiger partial charge in [-0.05, 0) is 23.4 Å². The lowest BCUT2D eigenvalue weighted by Gasteiger charge is -2.07. The molecule has 1 N–H and O–H groups in total. The topological polar surface area (TPSA) is 117 Å². The molecule has 0 radical (unpaired) electrons. The van der Waals surface area contributed by atoms with E-state index in [4.69, 9.17) is 20.6 Å². The standard InChI is InChI=1S/C16H17N5O5/c1-4-7-17-14(22)10-26-15(23)9-21-19-16(18-20-21)11-5-6-12(24-2)13(8-11)25-3/h1,5-6,8H,7,9-10H2,2-3H3,(H,17,22). The van der Waals surface area contributed by atoms with Crippen LogP contribution in [0.3, 0.4) is 0 Å². The van der Waals surface area contributed by atoms with Crippen LogP contribution in [0, 0.1) is 12.3 Å². The minimum atomic E-state index is -0.683. The molecule has 0 atom stereocenters. The fraction of sp³-hybridized carbons (Fsp3) is 0.312. The van der Waals surface area contributed by atoms with Crippen molar-refractivity contribution in [3.05, 3.63) is 18.2 Å². The van der Waals surface area contributed by atoms with Crippen molar-refractivity contribution in [2.75, 3.05) is 27.4 Å². The van der Waals surface area contributed by atoms with Gasteiger partial charge in [-0.3, -0.25) is 4.79 Å². The quantitative estimate of drug-likeness (QED) is 0.502. The zero-order valence-electron chi connectivity index (χ0n) is 14.3. The van der Waals surface area contributed by atoms with Crippen LogP contribution in [0.5, 0.6) is 11.5 Å². The zero-order valence-corrected chi connectivity index (χ0v) is 14.3. The van der Waals surface area contributed by atoms with Crippen molar-refractivity contribution in [3.8, 4) is 35.2 Å². The Kier molecular flexibility index (Phi) is 6.50. The van der Waals surface area contributed by atoms with Crippen molar-refractivity contribution in [3.63, 3.8) is 0 Å². The summed E-state index contributed by atoms with van der Waals surface area (Å²) in [4.78, 5) is 24.1. The maximum Gasteiger partial charge on any atom is 0.330 e. The summed E-state index contributed by atoms with van der Waals surface area (Å²) in [5, 5.41) is 14.1. The van der Waals surface area contributed by atoms with E-state index in [9.17, 15) is 9.59 Å². The summed E-state index contributed by atoms with van der Waals surface area (Å²) in [5.74, 6) is 2.44. The number of methoxy groups -OCH3 is 2. The normalized spacial score (nSPS) is 9.88. The number of hydrogen-bond donors (Lipinski definition) is 1. The van der Waals surface area contributed by atoms with Gasteiger partial charge in [-0.2, -0.15) is 4.80 Å². The summed E-state index contributed by atoms with van der Waals surface area (Å²) in [6.45, 7) is -0.657.